The van der Waals surface area contributed by atoms with Crippen molar-refractivity contribution in [2.75, 3.05) is 0 Å². The molecule has 0 radical (unpaired) electrons. The highest BCUT2D eigenvalue weighted by molar-refractivity contribution is 5.90. The van der Waals surface area contributed by atoms with Gasteiger partial charge in [-0.2, -0.15) is 0 Å². The molecule has 0 aliphatic heterocycles. The molecule has 1 nitrogen and oxygen atoms in total. The average Bonchev–Trinajstić information content (AvgIpc) is 2.53. The van der Waals surface area contributed by atoms with Gasteiger partial charge >= 0.3 is 0 Å². The molecule has 0 fully saturated rings. The van der Waals surface area contributed by atoms with Crippen molar-refractivity contribution < 1.29 is 4.79 Å². The first-order valence-electron chi connectivity index (χ1n) is 7.27. The Balaban J connectivity index is 2.09. The van der Waals surface area contributed by atoms with Crippen molar-refractivity contribution in [1.82, 2.24) is 0 Å². The topological polar surface area (TPSA) is 17.1 Å². The lowest BCUT2D eigenvalue weighted by molar-refractivity contribution is -0.114. The summed E-state index contributed by atoms with van der Waals surface area (Å²) >= 11 is 0. The first-order chi connectivity index (χ1) is 8.95. The van der Waals surface area contributed by atoms with Crippen LogP contribution in [0.1, 0.15) is 57.6 Å². The summed E-state index contributed by atoms with van der Waals surface area (Å²) in [5.74, 6) is 0.304. The zero-order valence-corrected chi connectivity index (χ0v) is 12.3. The molecule has 2 rings (SSSR count). The number of carbonyl (C=O) groups is 1. The number of rotatable bonds is 2. The molecule has 0 aromatic heterocycles. The minimum absolute atomic E-state index is 0.204. The third kappa shape index (κ3) is 4.05. The molecular weight excluding hydrogens is 232 g/mol. The lowest BCUT2D eigenvalue weighted by atomic mass is 9.86. The SMILES string of the molecule is CC(C)(C)c1ccc(CC2=CC(=O)CCCC2)cc1. The van der Waals surface area contributed by atoms with Crippen molar-refractivity contribution in [1.29, 1.82) is 0 Å². The Morgan fingerprint density at radius 1 is 1.00 bits per heavy atom. The fourth-order valence-corrected chi connectivity index (χ4v) is 2.55. The fourth-order valence-electron chi connectivity index (χ4n) is 2.55. The third-order valence-corrected chi connectivity index (χ3v) is 3.79. The summed E-state index contributed by atoms with van der Waals surface area (Å²) in [5.41, 5.74) is 4.18. The first kappa shape index (κ1) is 14.0. The zero-order chi connectivity index (χ0) is 13.9. The third-order valence-electron chi connectivity index (χ3n) is 3.79. The Labute approximate surface area is 116 Å². The van der Waals surface area contributed by atoms with Gasteiger partial charge in [0.05, 0.1) is 0 Å². The summed E-state index contributed by atoms with van der Waals surface area (Å²) in [6, 6.07) is 8.84. The molecule has 19 heavy (non-hydrogen) atoms. The van der Waals surface area contributed by atoms with Crippen molar-refractivity contribution in [2.45, 2.75) is 58.3 Å². The van der Waals surface area contributed by atoms with E-state index in [1.54, 1.807) is 0 Å². The van der Waals surface area contributed by atoms with Gasteiger partial charge in [-0.15, -0.1) is 0 Å². The molecule has 0 unspecified atom stereocenters. The molecule has 1 aliphatic rings. The normalized spacial score (nSPS) is 17.0. The maximum atomic E-state index is 11.6. The lowest BCUT2D eigenvalue weighted by Gasteiger charge is -2.19. The number of ketones is 1. The molecule has 0 amide bonds. The quantitative estimate of drug-likeness (QED) is 0.756. The highest BCUT2D eigenvalue weighted by Crippen LogP contribution is 2.24. The summed E-state index contributed by atoms with van der Waals surface area (Å²) in [5, 5.41) is 0. The van der Waals surface area contributed by atoms with Gasteiger partial charge in [0.25, 0.3) is 0 Å². The highest BCUT2D eigenvalue weighted by Gasteiger charge is 2.13. The summed E-state index contributed by atoms with van der Waals surface area (Å²) in [6.45, 7) is 6.69. The van der Waals surface area contributed by atoms with Crippen LogP contribution in [0.2, 0.25) is 0 Å². The number of benzene rings is 1. The van der Waals surface area contributed by atoms with Crippen molar-refractivity contribution in [3.05, 3.63) is 47.0 Å². The van der Waals surface area contributed by atoms with E-state index in [-0.39, 0.29) is 5.41 Å². The van der Waals surface area contributed by atoms with Gasteiger partial charge in [-0.3, -0.25) is 4.79 Å². The molecule has 0 N–H and O–H groups in total. The van der Waals surface area contributed by atoms with Gasteiger partial charge in [0.15, 0.2) is 5.78 Å². The number of hydrogen-bond donors (Lipinski definition) is 0. The van der Waals surface area contributed by atoms with Crippen LogP contribution >= 0.6 is 0 Å². The van der Waals surface area contributed by atoms with E-state index in [0.29, 0.717) is 5.78 Å². The Hall–Kier alpha value is -1.37. The second-order valence-corrected chi connectivity index (χ2v) is 6.60. The molecule has 1 aliphatic carbocycles. The zero-order valence-electron chi connectivity index (χ0n) is 12.3. The van der Waals surface area contributed by atoms with Crippen molar-refractivity contribution in [3.63, 3.8) is 0 Å². The van der Waals surface area contributed by atoms with Gasteiger partial charge in [0.2, 0.25) is 0 Å². The second kappa shape index (κ2) is 5.73. The molecule has 0 spiro atoms. The largest absolute Gasteiger partial charge is 0.295 e. The second-order valence-electron chi connectivity index (χ2n) is 6.60. The number of allylic oxidation sites excluding steroid dienone is 2. The molecule has 1 heteroatoms. The highest BCUT2D eigenvalue weighted by atomic mass is 16.1. The predicted molar refractivity (Wildman–Crippen MR) is 80.4 cm³/mol. The van der Waals surface area contributed by atoms with Crippen LogP contribution < -0.4 is 0 Å². The number of hydrogen-bond acceptors (Lipinski definition) is 1. The molecule has 0 saturated carbocycles. The summed E-state index contributed by atoms with van der Waals surface area (Å²) < 4.78 is 0. The van der Waals surface area contributed by atoms with E-state index < -0.39 is 0 Å². The van der Waals surface area contributed by atoms with E-state index in [2.05, 4.69) is 45.0 Å². The van der Waals surface area contributed by atoms with E-state index in [0.717, 1.165) is 32.1 Å². The summed E-state index contributed by atoms with van der Waals surface area (Å²) in [4.78, 5) is 11.6. The van der Waals surface area contributed by atoms with Crippen LogP contribution in [-0.4, -0.2) is 5.78 Å². The van der Waals surface area contributed by atoms with Crippen LogP contribution in [0.25, 0.3) is 0 Å². The molecular formula is C18H24O. The molecule has 1 aromatic rings. The van der Waals surface area contributed by atoms with Crippen molar-refractivity contribution in [3.8, 4) is 0 Å². The Morgan fingerprint density at radius 2 is 1.63 bits per heavy atom. The Kier molecular flexibility index (Phi) is 4.24. The molecule has 0 heterocycles. The van der Waals surface area contributed by atoms with E-state index in [9.17, 15) is 4.79 Å². The first-order valence-corrected chi connectivity index (χ1v) is 7.27. The molecule has 102 valence electrons. The molecule has 0 atom stereocenters. The lowest BCUT2D eigenvalue weighted by Crippen LogP contribution is -2.10. The van der Waals surface area contributed by atoms with Crippen LogP contribution in [0.4, 0.5) is 0 Å². The minimum atomic E-state index is 0.204. The Bertz CT molecular complexity index is 471. The molecule has 0 saturated heterocycles. The maximum Gasteiger partial charge on any atom is 0.155 e. The smallest absolute Gasteiger partial charge is 0.155 e. The van der Waals surface area contributed by atoms with Crippen LogP contribution in [0, 0.1) is 0 Å². The Morgan fingerprint density at radius 3 is 2.26 bits per heavy atom. The average molecular weight is 256 g/mol. The van der Waals surface area contributed by atoms with Crippen LogP contribution in [0.3, 0.4) is 0 Å². The van der Waals surface area contributed by atoms with Gasteiger partial charge in [-0.25, -0.2) is 0 Å². The predicted octanol–water partition coefficient (Wildman–Crippen LogP) is 4.60. The van der Waals surface area contributed by atoms with Crippen LogP contribution in [0.15, 0.2) is 35.9 Å². The van der Waals surface area contributed by atoms with Gasteiger partial charge < -0.3 is 0 Å². The van der Waals surface area contributed by atoms with Gasteiger partial charge in [0, 0.05) is 6.42 Å². The maximum absolute atomic E-state index is 11.6. The summed E-state index contributed by atoms with van der Waals surface area (Å²) in [6.07, 6.45) is 6.81. The van der Waals surface area contributed by atoms with Crippen molar-refractivity contribution in [2.24, 2.45) is 0 Å². The standard InChI is InChI=1S/C18H24O/c1-18(2,3)16-10-8-14(9-11-16)12-15-6-4-5-7-17(19)13-15/h8-11,13H,4-7,12H2,1-3H3. The fraction of sp³-hybridized carbons (Fsp3) is 0.500. The van der Waals surface area contributed by atoms with Crippen LogP contribution in [-0.2, 0) is 16.6 Å². The van der Waals surface area contributed by atoms with E-state index in [1.165, 1.54) is 16.7 Å². The van der Waals surface area contributed by atoms with Gasteiger partial charge in [-0.05, 0) is 48.3 Å². The monoisotopic (exact) mass is 256 g/mol. The minimum Gasteiger partial charge on any atom is -0.295 e. The summed E-state index contributed by atoms with van der Waals surface area (Å²) in [7, 11) is 0. The van der Waals surface area contributed by atoms with E-state index in [4.69, 9.17) is 0 Å². The van der Waals surface area contributed by atoms with Gasteiger partial charge in [-0.1, -0.05) is 50.6 Å². The molecule has 1 aromatic carbocycles. The van der Waals surface area contributed by atoms with E-state index >= 15 is 0 Å². The van der Waals surface area contributed by atoms with Crippen LogP contribution in [0.5, 0.6) is 0 Å². The van der Waals surface area contributed by atoms with E-state index in [1.807, 2.05) is 6.08 Å². The molecule has 0 bridgehead atoms. The number of carbonyl (C=O) groups excluding carboxylic acids is 1. The van der Waals surface area contributed by atoms with Gasteiger partial charge in [0.1, 0.15) is 0 Å². The van der Waals surface area contributed by atoms with Crippen molar-refractivity contribution >= 4 is 5.78 Å².